The van der Waals surface area contributed by atoms with E-state index in [1.807, 2.05) is 18.2 Å². The van der Waals surface area contributed by atoms with E-state index >= 15 is 0 Å². The number of esters is 1. The molecule has 1 amide bonds. The smallest absolute Gasteiger partial charge is 0.341 e. The largest absolute Gasteiger partial charge is 0.506 e. The van der Waals surface area contributed by atoms with Crippen molar-refractivity contribution in [1.82, 2.24) is 4.90 Å². The fourth-order valence-corrected chi connectivity index (χ4v) is 5.35. The van der Waals surface area contributed by atoms with Gasteiger partial charge in [-0.2, -0.15) is 0 Å². The van der Waals surface area contributed by atoms with Crippen LogP contribution in [0.4, 0.5) is 10.7 Å². The molecule has 0 saturated carbocycles. The summed E-state index contributed by atoms with van der Waals surface area (Å²) in [5, 5.41) is 13.6. The third-order valence-corrected chi connectivity index (χ3v) is 6.73. The highest BCUT2D eigenvalue weighted by Gasteiger charge is 2.28. The van der Waals surface area contributed by atoms with Crippen LogP contribution in [0.1, 0.15) is 27.2 Å². The molecule has 1 aliphatic carbocycles. The summed E-state index contributed by atoms with van der Waals surface area (Å²) in [5.74, 6) is -0.221. The van der Waals surface area contributed by atoms with Gasteiger partial charge in [0.2, 0.25) is 5.91 Å². The van der Waals surface area contributed by atoms with Crippen molar-refractivity contribution in [1.29, 1.82) is 0 Å². The lowest BCUT2D eigenvalue weighted by Gasteiger charge is -2.35. The van der Waals surface area contributed by atoms with Gasteiger partial charge in [0, 0.05) is 31.1 Å². The fraction of sp³-hybridized carbons (Fsp3) is 0.429. The van der Waals surface area contributed by atoms with Crippen molar-refractivity contribution < 1.29 is 19.4 Å². The Morgan fingerprint density at radius 1 is 1.17 bits per heavy atom. The van der Waals surface area contributed by atoms with Gasteiger partial charge in [0.25, 0.3) is 0 Å². The monoisotopic (exact) mass is 415 g/mol. The first kappa shape index (κ1) is 19.7. The second kappa shape index (κ2) is 8.42. The molecule has 2 aliphatic rings. The Kier molecular flexibility index (Phi) is 5.73. The number of anilines is 2. The minimum Gasteiger partial charge on any atom is -0.506 e. The Morgan fingerprint density at radius 3 is 2.66 bits per heavy atom. The quantitative estimate of drug-likeness (QED) is 0.731. The summed E-state index contributed by atoms with van der Waals surface area (Å²) >= 11 is 1.49. The molecule has 1 saturated heterocycles. The molecule has 0 radical (unpaired) electrons. The van der Waals surface area contributed by atoms with Crippen LogP contribution in [0.2, 0.25) is 0 Å². The highest BCUT2D eigenvalue weighted by atomic mass is 32.1. The molecule has 1 aliphatic heterocycles. The highest BCUT2D eigenvalue weighted by Crippen LogP contribution is 2.39. The molecule has 1 aromatic heterocycles. The lowest BCUT2D eigenvalue weighted by molar-refractivity contribution is -0.117. The van der Waals surface area contributed by atoms with Crippen LogP contribution in [0.3, 0.4) is 0 Å². The molecular formula is C21H25N3O4S. The maximum absolute atomic E-state index is 12.6. The van der Waals surface area contributed by atoms with Crippen LogP contribution in [-0.4, -0.2) is 61.7 Å². The molecule has 0 bridgehead atoms. The number of hydrogen-bond acceptors (Lipinski definition) is 7. The molecule has 154 valence electrons. The van der Waals surface area contributed by atoms with Crippen LogP contribution < -0.4 is 10.2 Å². The first-order valence-corrected chi connectivity index (χ1v) is 10.7. The molecule has 0 atom stereocenters. The number of hydrogen-bond donors (Lipinski definition) is 2. The number of nitrogens with zero attached hydrogens (tertiary/aromatic N) is 2. The average Bonchev–Trinajstić information content (AvgIpc) is 3.29. The van der Waals surface area contributed by atoms with Gasteiger partial charge in [-0.3, -0.25) is 9.69 Å². The highest BCUT2D eigenvalue weighted by molar-refractivity contribution is 7.17. The molecule has 0 unspecified atom stereocenters. The Labute approximate surface area is 173 Å². The number of phenolic OH excluding ortho intramolecular Hbond substituents is 1. The van der Waals surface area contributed by atoms with Crippen LogP contribution in [0.5, 0.6) is 5.75 Å². The van der Waals surface area contributed by atoms with Crippen molar-refractivity contribution in [2.45, 2.75) is 19.3 Å². The summed E-state index contributed by atoms with van der Waals surface area (Å²) in [5.41, 5.74) is 2.39. The molecule has 7 nitrogen and oxygen atoms in total. The standard InChI is InChI=1S/C21H25N3O4S/c1-28-21(27)19-14-5-4-8-17(14)29-20(19)22-18(26)13-23-9-11-24(12-10-23)15-6-2-3-7-16(15)25/h2-3,6-7,25H,4-5,8-13H2,1H3,(H,22,26). The zero-order valence-electron chi connectivity index (χ0n) is 16.4. The SMILES string of the molecule is COC(=O)c1c(NC(=O)CN2CCN(c3ccccc3O)CC2)sc2c1CCC2. The average molecular weight is 416 g/mol. The maximum Gasteiger partial charge on any atom is 0.341 e. The van der Waals surface area contributed by atoms with E-state index in [0.29, 0.717) is 10.6 Å². The van der Waals surface area contributed by atoms with Gasteiger partial charge in [0.1, 0.15) is 10.8 Å². The zero-order valence-corrected chi connectivity index (χ0v) is 17.3. The number of aryl methyl sites for hydroxylation is 1. The molecule has 2 N–H and O–H groups in total. The molecule has 4 rings (SSSR count). The van der Waals surface area contributed by atoms with Gasteiger partial charge < -0.3 is 20.1 Å². The van der Waals surface area contributed by atoms with Crippen LogP contribution in [-0.2, 0) is 22.4 Å². The Hall–Kier alpha value is -2.58. The van der Waals surface area contributed by atoms with Crippen molar-refractivity contribution >= 4 is 33.9 Å². The third kappa shape index (κ3) is 4.09. The van der Waals surface area contributed by atoms with Crippen molar-refractivity contribution in [3.05, 3.63) is 40.3 Å². The predicted octanol–water partition coefficient (Wildman–Crippen LogP) is 2.49. The molecule has 2 aromatic rings. The van der Waals surface area contributed by atoms with Crippen LogP contribution >= 0.6 is 11.3 Å². The molecule has 1 fully saturated rings. The van der Waals surface area contributed by atoms with Gasteiger partial charge in [-0.25, -0.2) is 4.79 Å². The van der Waals surface area contributed by atoms with Crippen LogP contribution in [0, 0.1) is 0 Å². The number of aromatic hydroxyl groups is 1. The van der Waals surface area contributed by atoms with Crippen LogP contribution in [0.25, 0.3) is 0 Å². The number of ether oxygens (including phenoxy) is 1. The van der Waals surface area contributed by atoms with Crippen molar-refractivity contribution in [3.8, 4) is 5.75 Å². The first-order valence-electron chi connectivity index (χ1n) is 9.85. The molecule has 0 spiro atoms. The number of carbonyl (C=O) groups excluding carboxylic acids is 2. The Bertz CT molecular complexity index is 919. The lowest BCUT2D eigenvalue weighted by atomic mass is 10.1. The number of phenols is 1. The van der Waals surface area contributed by atoms with Crippen LogP contribution in [0.15, 0.2) is 24.3 Å². The van der Waals surface area contributed by atoms with E-state index in [9.17, 15) is 14.7 Å². The number of nitrogens with one attached hydrogen (secondary N) is 1. The predicted molar refractivity (Wildman–Crippen MR) is 113 cm³/mol. The summed E-state index contributed by atoms with van der Waals surface area (Å²) in [6, 6.07) is 7.31. The van der Waals surface area contributed by atoms with Gasteiger partial charge >= 0.3 is 5.97 Å². The molecule has 8 heteroatoms. The summed E-state index contributed by atoms with van der Waals surface area (Å²) in [6.07, 6.45) is 2.86. The van der Waals surface area contributed by atoms with Crippen molar-refractivity contribution in [3.63, 3.8) is 0 Å². The fourth-order valence-electron chi connectivity index (χ4n) is 4.06. The number of fused-ring (bicyclic) bond motifs is 1. The van der Waals surface area contributed by atoms with Gasteiger partial charge in [-0.1, -0.05) is 12.1 Å². The van der Waals surface area contributed by atoms with E-state index in [2.05, 4.69) is 15.1 Å². The summed E-state index contributed by atoms with van der Waals surface area (Å²) in [4.78, 5) is 30.2. The minimum absolute atomic E-state index is 0.119. The van der Waals surface area contributed by atoms with Crippen molar-refractivity contribution in [2.75, 3.05) is 50.1 Å². The molecule has 2 heterocycles. The number of thiophene rings is 1. The van der Waals surface area contributed by atoms with Crippen molar-refractivity contribution in [2.24, 2.45) is 0 Å². The molecule has 1 aromatic carbocycles. The zero-order chi connectivity index (χ0) is 20.4. The van der Waals surface area contributed by atoms with E-state index in [1.165, 1.54) is 23.3 Å². The number of benzene rings is 1. The van der Waals surface area contributed by atoms with Gasteiger partial charge in [0.05, 0.1) is 24.9 Å². The first-order chi connectivity index (χ1) is 14.1. The number of rotatable bonds is 5. The second-order valence-corrected chi connectivity index (χ2v) is 8.46. The number of methoxy groups -OCH3 is 1. The second-order valence-electron chi connectivity index (χ2n) is 7.35. The normalized spacial score (nSPS) is 16.5. The van der Waals surface area contributed by atoms with E-state index in [1.54, 1.807) is 6.07 Å². The van der Waals surface area contributed by atoms with E-state index in [0.717, 1.165) is 56.7 Å². The number of para-hydroxylation sites is 2. The molecular weight excluding hydrogens is 390 g/mol. The Balaban J connectivity index is 1.36. The summed E-state index contributed by atoms with van der Waals surface area (Å²) in [7, 11) is 1.37. The third-order valence-electron chi connectivity index (χ3n) is 5.53. The number of amides is 1. The lowest BCUT2D eigenvalue weighted by Crippen LogP contribution is -2.48. The topological polar surface area (TPSA) is 82.1 Å². The van der Waals surface area contributed by atoms with E-state index < -0.39 is 0 Å². The number of carbonyl (C=O) groups is 2. The number of piperazine rings is 1. The van der Waals surface area contributed by atoms with Gasteiger partial charge in [-0.05, 0) is 37.0 Å². The summed E-state index contributed by atoms with van der Waals surface area (Å²) in [6.45, 7) is 3.22. The summed E-state index contributed by atoms with van der Waals surface area (Å²) < 4.78 is 4.94. The van der Waals surface area contributed by atoms with E-state index in [4.69, 9.17) is 4.74 Å². The van der Waals surface area contributed by atoms with E-state index in [-0.39, 0.29) is 24.2 Å². The molecule has 29 heavy (non-hydrogen) atoms. The Morgan fingerprint density at radius 2 is 1.93 bits per heavy atom. The maximum atomic E-state index is 12.6. The van der Waals surface area contributed by atoms with Gasteiger partial charge in [0.15, 0.2) is 0 Å². The minimum atomic E-state index is -0.379. The van der Waals surface area contributed by atoms with Gasteiger partial charge in [-0.15, -0.1) is 11.3 Å².